The van der Waals surface area contributed by atoms with Crippen LogP contribution in [0.15, 0.2) is 97.1 Å². The number of esters is 2. The van der Waals surface area contributed by atoms with Gasteiger partial charge >= 0.3 is 11.9 Å². The number of carbonyl (C=O) groups excluding carboxylic acids is 2. The van der Waals surface area contributed by atoms with E-state index in [-0.39, 0.29) is 6.61 Å². The maximum Gasteiger partial charge on any atom is 0.331 e. The Morgan fingerprint density at radius 3 is 1.97 bits per heavy atom. The lowest BCUT2D eigenvalue weighted by Crippen LogP contribution is -2.17. The summed E-state index contributed by atoms with van der Waals surface area (Å²) in [5, 5.41) is 0. The van der Waals surface area contributed by atoms with Gasteiger partial charge in [0.05, 0.1) is 7.11 Å². The summed E-state index contributed by atoms with van der Waals surface area (Å²) in [5.74, 6) is -0.464. The third-order valence-electron chi connectivity index (χ3n) is 4.52. The Labute approximate surface area is 187 Å². The van der Waals surface area contributed by atoms with Crippen LogP contribution in [-0.4, -0.2) is 25.7 Å². The van der Waals surface area contributed by atoms with Gasteiger partial charge < -0.3 is 14.2 Å². The first-order valence-electron chi connectivity index (χ1n) is 10.1. The van der Waals surface area contributed by atoms with Gasteiger partial charge in [0.2, 0.25) is 0 Å². The molecule has 0 radical (unpaired) electrons. The number of carbonyl (C=O) groups is 2. The van der Waals surface area contributed by atoms with Crippen molar-refractivity contribution in [1.82, 2.24) is 0 Å². The van der Waals surface area contributed by atoms with Gasteiger partial charge in [-0.25, -0.2) is 9.59 Å². The highest BCUT2D eigenvalue weighted by Crippen LogP contribution is 2.23. The number of hydrogen-bond acceptors (Lipinski definition) is 5. The van der Waals surface area contributed by atoms with Crippen molar-refractivity contribution in [3.05, 3.63) is 114 Å². The van der Waals surface area contributed by atoms with Gasteiger partial charge in [-0.1, -0.05) is 72.8 Å². The predicted octanol–water partition coefficient (Wildman–Crippen LogP) is 5.25. The molecule has 162 valence electrons. The molecule has 0 saturated carbocycles. The molecule has 0 saturated heterocycles. The first kappa shape index (κ1) is 22.6. The normalized spacial score (nSPS) is 11.9. The Hall–Kier alpha value is -4.12. The lowest BCUT2D eigenvalue weighted by molar-refractivity contribution is -0.153. The van der Waals surface area contributed by atoms with Gasteiger partial charge in [-0.05, 0) is 41.0 Å². The van der Waals surface area contributed by atoms with Crippen molar-refractivity contribution < 1.29 is 23.8 Å². The molecule has 0 aliphatic carbocycles. The van der Waals surface area contributed by atoms with E-state index in [1.54, 1.807) is 43.5 Å². The minimum absolute atomic E-state index is 0.129. The molecule has 0 amide bonds. The Balaban J connectivity index is 1.67. The number of ether oxygens (including phenoxy) is 3. The van der Waals surface area contributed by atoms with Crippen LogP contribution in [0.25, 0.3) is 12.2 Å². The standard InChI is InChI=1S/C27H24O5/c1-30-24-14-8-13-23(19-24)25(32-27(29)18-16-22-11-6-3-7-12-22)20-31-26(28)17-15-21-9-4-2-5-10-21/h2-19,25H,20H2,1H3/b17-15+,18-16+. The van der Waals surface area contributed by atoms with Crippen LogP contribution in [0.4, 0.5) is 0 Å². The molecule has 0 fully saturated rings. The zero-order valence-corrected chi connectivity index (χ0v) is 17.7. The predicted molar refractivity (Wildman–Crippen MR) is 124 cm³/mol. The highest BCUT2D eigenvalue weighted by atomic mass is 16.6. The molecule has 1 atom stereocenters. The first-order chi connectivity index (χ1) is 15.6. The van der Waals surface area contributed by atoms with Crippen LogP contribution < -0.4 is 4.74 Å². The maximum absolute atomic E-state index is 12.4. The molecule has 5 nitrogen and oxygen atoms in total. The third kappa shape index (κ3) is 7.29. The van der Waals surface area contributed by atoms with Gasteiger partial charge in [-0.15, -0.1) is 0 Å². The Kier molecular flexibility index (Phi) is 8.40. The van der Waals surface area contributed by atoms with Gasteiger partial charge in [0.1, 0.15) is 12.4 Å². The van der Waals surface area contributed by atoms with Crippen molar-refractivity contribution in [1.29, 1.82) is 0 Å². The van der Waals surface area contributed by atoms with E-state index in [1.165, 1.54) is 12.2 Å². The van der Waals surface area contributed by atoms with Crippen molar-refractivity contribution in [3.63, 3.8) is 0 Å². The molecule has 3 aromatic carbocycles. The summed E-state index contributed by atoms with van der Waals surface area (Å²) in [5.41, 5.74) is 2.41. The summed E-state index contributed by atoms with van der Waals surface area (Å²) < 4.78 is 16.2. The fraction of sp³-hybridized carbons (Fsp3) is 0.111. The van der Waals surface area contributed by atoms with Gasteiger partial charge in [0.25, 0.3) is 0 Å². The van der Waals surface area contributed by atoms with Crippen molar-refractivity contribution in [2.24, 2.45) is 0 Å². The molecule has 0 aromatic heterocycles. The molecular weight excluding hydrogens is 404 g/mol. The number of rotatable bonds is 9. The zero-order chi connectivity index (χ0) is 22.6. The molecule has 0 aliphatic rings. The van der Waals surface area contributed by atoms with Crippen molar-refractivity contribution in [3.8, 4) is 5.75 Å². The zero-order valence-electron chi connectivity index (χ0n) is 17.7. The van der Waals surface area contributed by atoms with E-state index in [1.807, 2.05) is 60.7 Å². The lowest BCUT2D eigenvalue weighted by atomic mass is 10.1. The molecule has 3 rings (SSSR count). The van der Waals surface area contributed by atoms with E-state index in [0.29, 0.717) is 11.3 Å². The molecule has 1 unspecified atom stereocenters. The molecule has 0 spiro atoms. The van der Waals surface area contributed by atoms with Gasteiger partial charge in [-0.2, -0.15) is 0 Å². The third-order valence-corrected chi connectivity index (χ3v) is 4.52. The van der Waals surface area contributed by atoms with Crippen LogP contribution >= 0.6 is 0 Å². The Morgan fingerprint density at radius 1 is 0.781 bits per heavy atom. The van der Waals surface area contributed by atoms with Gasteiger partial charge in [0.15, 0.2) is 6.10 Å². The van der Waals surface area contributed by atoms with Crippen LogP contribution in [0.3, 0.4) is 0 Å². The summed E-state index contributed by atoms with van der Waals surface area (Å²) in [6.07, 6.45) is 5.23. The van der Waals surface area contributed by atoms with E-state index in [4.69, 9.17) is 14.2 Å². The van der Waals surface area contributed by atoms with Crippen molar-refractivity contribution >= 4 is 24.1 Å². The molecule has 0 aliphatic heterocycles. The molecule has 3 aromatic rings. The van der Waals surface area contributed by atoms with Gasteiger partial charge in [0, 0.05) is 12.2 Å². The summed E-state index contributed by atoms with van der Waals surface area (Å²) in [4.78, 5) is 24.6. The highest BCUT2D eigenvalue weighted by molar-refractivity contribution is 5.88. The summed E-state index contributed by atoms with van der Waals surface area (Å²) in [6.45, 7) is -0.129. The molecule has 0 N–H and O–H groups in total. The van der Waals surface area contributed by atoms with Gasteiger partial charge in [-0.3, -0.25) is 0 Å². The molecule has 0 heterocycles. The van der Waals surface area contributed by atoms with Crippen molar-refractivity contribution in [2.45, 2.75) is 6.10 Å². The average molecular weight is 428 g/mol. The molecular formula is C27H24O5. The first-order valence-corrected chi connectivity index (χ1v) is 10.1. The number of methoxy groups -OCH3 is 1. The number of benzene rings is 3. The summed E-state index contributed by atoms with van der Waals surface area (Å²) >= 11 is 0. The van der Waals surface area contributed by atoms with E-state index >= 15 is 0 Å². The topological polar surface area (TPSA) is 61.8 Å². The van der Waals surface area contributed by atoms with Crippen LogP contribution in [0, 0.1) is 0 Å². The Morgan fingerprint density at radius 2 is 1.38 bits per heavy atom. The van der Waals surface area contributed by atoms with E-state index in [9.17, 15) is 9.59 Å². The van der Waals surface area contributed by atoms with E-state index in [0.717, 1.165) is 11.1 Å². The van der Waals surface area contributed by atoms with Crippen LogP contribution in [-0.2, 0) is 19.1 Å². The van der Waals surface area contributed by atoms with Crippen molar-refractivity contribution in [2.75, 3.05) is 13.7 Å². The fourth-order valence-electron chi connectivity index (χ4n) is 2.88. The quantitative estimate of drug-likeness (QED) is 0.344. The largest absolute Gasteiger partial charge is 0.497 e. The maximum atomic E-state index is 12.4. The smallest absolute Gasteiger partial charge is 0.331 e. The number of hydrogen-bond donors (Lipinski definition) is 0. The molecule has 0 bridgehead atoms. The van der Waals surface area contributed by atoms with Crippen LogP contribution in [0.1, 0.15) is 22.8 Å². The summed E-state index contributed by atoms with van der Waals surface area (Å²) in [7, 11) is 1.55. The second kappa shape index (κ2) is 11.9. The fourth-order valence-corrected chi connectivity index (χ4v) is 2.88. The van der Waals surface area contributed by atoms with E-state index in [2.05, 4.69) is 0 Å². The summed E-state index contributed by atoms with van der Waals surface area (Å²) in [6, 6.07) is 25.9. The molecule has 5 heteroatoms. The van der Waals surface area contributed by atoms with Crippen LogP contribution in [0.5, 0.6) is 5.75 Å². The van der Waals surface area contributed by atoms with Crippen LogP contribution in [0.2, 0.25) is 0 Å². The second-order valence-corrected chi connectivity index (χ2v) is 6.82. The lowest BCUT2D eigenvalue weighted by Gasteiger charge is -2.18. The highest BCUT2D eigenvalue weighted by Gasteiger charge is 2.18. The van der Waals surface area contributed by atoms with E-state index < -0.39 is 18.0 Å². The Bertz CT molecular complexity index is 1070. The minimum atomic E-state index is -0.785. The minimum Gasteiger partial charge on any atom is -0.497 e. The SMILES string of the molecule is COc1cccc(C(COC(=O)/C=C/c2ccccc2)OC(=O)/C=C/c2ccccc2)c1. The monoisotopic (exact) mass is 428 g/mol. The average Bonchev–Trinajstić information content (AvgIpc) is 2.85. The molecule has 32 heavy (non-hydrogen) atoms. The second-order valence-electron chi connectivity index (χ2n) is 6.82.